The molecule has 1 unspecified atom stereocenters. The Morgan fingerprint density at radius 3 is 2.53 bits per heavy atom. The molecule has 0 aliphatic heterocycles. The minimum atomic E-state index is -0.650. The molecule has 0 saturated carbocycles. The Morgan fingerprint density at radius 1 is 1.47 bits per heavy atom. The third-order valence-corrected chi connectivity index (χ3v) is 1.81. The Balaban J connectivity index is 3.78. The monoisotopic (exact) mass is 219 g/mol. The lowest BCUT2D eigenvalue weighted by atomic mass is 10.3. The van der Waals surface area contributed by atoms with Gasteiger partial charge in [0.15, 0.2) is 0 Å². The molecule has 90 valence electrons. The topological polar surface area (TPSA) is 59.0 Å². The largest absolute Gasteiger partial charge is 0.389 e. The molecule has 5 nitrogen and oxygen atoms in total. The summed E-state index contributed by atoms with van der Waals surface area (Å²) < 4.78 is 9.93. The zero-order valence-corrected chi connectivity index (χ0v) is 9.90. The quantitative estimate of drug-likeness (QED) is 0.648. The van der Waals surface area contributed by atoms with E-state index in [4.69, 9.17) is 9.47 Å². The number of methoxy groups -OCH3 is 1. The molecule has 0 aliphatic carbocycles. The van der Waals surface area contributed by atoms with Crippen LogP contribution in [0.3, 0.4) is 0 Å². The summed E-state index contributed by atoms with van der Waals surface area (Å²) in [4.78, 5) is 12.9. The van der Waals surface area contributed by atoms with Crippen LogP contribution in [0.4, 0.5) is 0 Å². The Labute approximate surface area is 91.0 Å². The van der Waals surface area contributed by atoms with E-state index in [-0.39, 0.29) is 31.8 Å². The highest BCUT2D eigenvalue weighted by Gasteiger charge is 2.13. The molecule has 15 heavy (non-hydrogen) atoms. The lowest BCUT2D eigenvalue weighted by Crippen LogP contribution is -2.38. The molecule has 0 aliphatic rings. The highest BCUT2D eigenvalue weighted by atomic mass is 16.5. The fourth-order valence-corrected chi connectivity index (χ4v) is 1.01. The second-order valence-corrected chi connectivity index (χ2v) is 3.74. The van der Waals surface area contributed by atoms with E-state index < -0.39 is 6.10 Å². The van der Waals surface area contributed by atoms with Gasteiger partial charge in [-0.15, -0.1) is 0 Å². The first kappa shape index (κ1) is 14.3. The van der Waals surface area contributed by atoms with E-state index in [0.29, 0.717) is 0 Å². The van der Waals surface area contributed by atoms with Crippen molar-refractivity contribution in [3.05, 3.63) is 0 Å². The number of carbonyl (C=O) groups excluding carboxylic acids is 1. The molecule has 0 heterocycles. The summed E-state index contributed by atoms with van der Waals surface area (Å²) in [5.41, 5.74) is 0. The maximum Gasteiger partial charge on any atom is 0.248 e. The number of amides is 1. The third-order valence-electron chi connectivity index (χ3n) is 1.81. The summed E-state index contributed by atoms with van der Waals surface area (Å²) in [5, 5.41) is 9.39. The molecule has 0 radical (unpaired) electrons. The van der Waals surface area contributed by atoms with Crippen LogP contribution in [0, 0.1) is 0 Å². The van der Waals surface area contributed by atoms with Crippen molar-refractivity contribution < 1.29 is 19.4 Å². The molecule has 0 saturated heterocycles. The van der Waals surface area contributed by atoms with Crippen LogP contribution < -0.4 is 0 Å². The second kappa shape index (κ2) is 7.62. The van der Waals surface area contributed by atoms with Gasteiger partial charge >= 0.3 is 0 Å². The number of hydrogen-bond acceptors (Lipinski definition) is 4. The molecule has 0 bridgehead atoms. The molecule has 0 rings (SSSR count). The van der Waals surface area contributed by atoms with Crippen molar-refractivity contribution in [3.8, 4) is 0 Å². The predicted molar refractivity (Wildman–Crippen MR) is 56.6 cm³/mol. The SMILES string of the molecule is COCC(O)CN(C)C(=O)COC(C)C. The molecular weight excluding hydrogens is 198 g/mol. The van der Waals surface area contributed by atoms with Crippen LogP contribution in [-0.2, 0) is 14.3 Å². The van der Waals surface area contributed by atoms with Crippen LogP contribution in [0.15, 0.2) is 0 Å². The van der Waals surface area contributed by atoms with Gasteiger partial charge in [-0.05, 0) is 13.8 Å². The van der Waals surface area contributed by atoms with Crippen LogP contribution >= 0.6 is 0 Å². The number of hydrogen-bond donors (Lipinski definition) is 1. The van der Waals surface area contributed by atoms with Gasteiger partial charge in [0.25, 0.3) is 0 Å². The van der Waals surface area contributed by atoms with Crippen molar-refractivity contribution in [2.24, 2.45) is 0 Å². The van der Waals surface area contributed by atoms with E-state index in [2.05, 4.69) is 0 Å². The third kappa shape index (κ3) is 7.30. The number of carbonyl (C=O) groups is 1. The molecule has 0 aromatic heterocycles. The molecule has 1 atom stereocenters. The van der Waals surface area contributed by atoms with E-state index in [1.165, 1.54) is 12.0 Å². The van der Waals surface area contributed by atoms with Crippen molar-refractivity contribution in [2.45, 2.75) is 26.1 Å². The molecule has 0 fully saturated rings. The normalized spacial score (nSPS) is 12.9. The summed E-state index contributed by atoms with van der Waals surface area (Å²) in [6.07, 6.45) is -0.616. The van der Waals surface area contributed by atoms with Crippen LogP contribution in [0.25, 0.3) is 0 Å². The van der Waals surface area contributed by atoms with Crippen LogP contribution in [0.5, 0.6) is 0 Å². The Kier molecular flexibility index (Phi) is 7.29. The number of nitrogens with zero attached hydrogens (tertiary/aromatic N) is 1. The number of likely N-dealkylation sites (N-methyl/N-ethyl adjacent to an activating group) is 1. The van der Waals surface area contributed by atoms with E-state index >= 15 is 0 Å². The molecule has 1 amide bonds. The molecule has 1 N–H and O–H groups in total. The van der Waals surface area contributed by atoms with Gasteiger partial charge in [0.2, 0.25) is 5.91 Å². The Morgan fingerprint density at radius 2 is 2.07 bits per heavy atom. The van der Waals surface area contributed by atoms with Gasteiger partial charge in [-0.3, -0.25) is 4.79 Å². The number of ether oxygens (including phenoxy) is 2. The maximum absolute atomic E-state index is 11.4. The number of aliphatic hydroxyl groups excluding tert-OH is 1. The number of aliphatic hydroxyl groups is 1. The van der Waals surface area contributed by atoms with Crippen LogP contribution in [0.1, 0.15) is 13.8 Å². The first-order valence-electron chi connectivity index (χ1n) is 5.00. The average Bonchev–Trinajstić information content (AvgIpc) is 2.14. The Bertz CT molecular complexity index is 184. The predicted octanol–water partition coefficient (Wildman–Crippen LogP) is -0.123. The minimum Gasteiger partial charge on any atom is -0.389 e. The molecule has 0 aromatic rings. The summed E-state index contributed by atoms with van der Waals surface area (Å²) in [7, 11) is 3.14. The molecular formula is C10H21NO4. The van der Waals surface area contributed by atoms with Gasteiger partial charge in [0.1, 0.15) is 6.61 Å². The van der Waals surface area contributed by atoms with Crippen molar-refractivity contribution in [1.82, 2.24) is 4.90 Å². The van der Waals surface area contributed by atoms with Crippen molar-refractivity contribution in [1.29, 1.82) is 0 Å². The fourth-order valence-electron chi connectivity index (χ4n) is 1.01. The Hall–Kier alpha value is -0.650. The zero-order valence-electron chi connectivity index (χ0n) is 9.90. The van der Waals surface area contributed by atoms with Gasteiger partial charge < -0.3 is 19.5 Å². The van der Waals surface area contributed by atoms with E-state index in [9.17, 15) is 9.90 Å². The highest BCUT2D eigenvalue weighted by Crippen LogP contribution is 1.94. The van der Waals surface area contributed by atoms with Gasteiger partial charge in [-0.2, -0.15) is 0 Å². The van der Waals surface area contributed by atoms with E-state index in [0.717, 1.165) is 0 Å². The van der Waals surface area contributed by atoms with Gasteiger partial charge in [0, 0.05) is 20.7 Å². The van der Waals surface area contributed by atoms with Crippen molar-refractivity contribution >= 4 is 5.91 Å². The minimum absolute atomic E-state index is 0.0336. The zero-order chi connectivity index (χ0) is 11.8. The number of rotatable bonds is 7. The summed E-state index contributed by atoms with van der Waals surface area (Å²) >= 11 is 0. The average molecular weight is 219 g/mol. The second-order valence-electron chi connectivity index (χ2n) is 3.74. The highest BCUT2D eigenvalue weighted by molar-refractivity contribution is 5.77. The van der Waals surface area contributed by atoms with Crippen molar-refractivity contribution in [2.75, 3.05) is 33.9 Å². The summed E-state index contributed by atoms with van der Waals surface area (Å²) in [6, 6.07) is 0. The van der Waals surface area contributed by atoms with Gasteiger partial charge in [-0.25, -0.2) is 0 Å². The van der Waals surface area contributed by atoms with Gasteiger partial charge in [-0.1, -0.05) is 0 Å². The summed E-state index contributed by atoms with van der Waals surface area (Å²) in [6.45, 7) is 4.27. The first-order valence-corrected chi connectivity index (χ1v) is 5.00. The van der Waals surface area contributed by atoms with Gasteiger partial charge in [0.05, 0.1) is 18.8 Å². The fraction of sp³-hybridized carbons (Fsp3) is 0.900. The molecule has 0 aromatic carbocycles. The van der Waals surface area contributed by atoms with Crippen LogP contribution in [0.2, 0.25) is 0 Å². The standard InChI is InChI=1S/C10H21NO4/c1-8(2)15-7-10(13)11(3)5-9(12)6-14-4/h8-9,12H,5-7H2,1-4H3. The molecule has 5 heteroatoms. The van der Waals surface area contributed by atoms with Crippen LogP contribution in [-0.4, -0.2) is 62.0 Å². The maximum atomic E-state index is 11.4. The lowest BCUT2D eigenvalue weighted by molar-refractivity contribution is -0.137. The van der Waals surface area contributed by atoms with Crippen molar-refractivity contribution in [3.63, 3.8) is 0 Å². The smallest absolute Gasteiger partial charge is 0.248 e. The lowest BCUT2D eigenvalue weighted by Gasteiger charge is -2.20. The first-order chi connectivity index (χ1) is 6.97. The van der Waals surface area contributed by atoms with E-state index in [1.54, 1.807) is 7.05 Å². The van der Waals surface area contributed by atoms with E-state index in [1.807, 2.05) is 13.8 Å². The summed E-state index contributed by atoms with van der Waals surface area (Å²) in [5.74, 6) is -0.140. The molecule has 0 spiro atoms.